The molecule has 0 radical (unpaired) electrons. The third kappa shape index (κ3) is 5.15. The Hall–Kier alpha value is -3.02. The average Bonchev–Trinajstić information content (AvgIpc) is 3.26. The van der Waals surface area contributed by atoms with E-state index in [1.54, 1.807) is 11.3 Å². The number of amides is 1. The average molecular weight is 458 g/mol. The van der Waals surface area contributed by atoms with Crippen molar-refractivity contribution in [3.63, 3.8) is 0 Å². The smallest absolute Gasteiger partial charge is 0.260 e. The van der Waals surface area contributed by atoms with E-state index in [2.05, 4.69) is 56.9 Å². The maximum atomic E-state index is 13.7. The molecule has 4 nitrogen and oxygen atoms in total. The summed E-state index contributed by atoms with van der Waals surface area (Å²) in [5.74, 6) is -0.00445. The van der Waals surface area contributed by atoms with Gasteiger partial charge in [0.05, 0.1) is 10.2 Å². The molecule has 0 aliphatic rings. The van der Waals surface area contributed by atoms with Crippen molar-refractivity contribution in [2.45, 2.75) is 27.7 Å². The molecule has 5 heteroatoms. The summed E-state index contributed by atoms with van der Waals surface area (Å²) in [5.41, 5.74) is 6.28. The van der Waals surface area contributed by atoms with Gasteiger partial charge in [-0.15, -0.1) is 0 Å². The van der Waals surface area contributed by atoms with Crippen LogP contribution in [0.2, 0.25) is 0 Å². The molecule has 0 atom stereocenters. The van der Waals surface area contributed by atoms with E-state index in [1.807, 2.05) is 47.4 Å². The van der Waals surface area contributed by atoms with E-state index in [9.17, 15) is 4.79 Å². The summed E-state index contributed by atoms with van der Waals surface area (Å²) in [5, 5.41) is 0.767. The number of thiazole rings is 1. The fourth-order valence-electron chi connectivity index (χ4n) is 4.13. The largest absolute Gasteiger partial charge is 0.302 e. The predicted molar refractivity (Wildman–Crippen MR) is 140 cm³/mol. The van der Waals surface area contributed by atoms with E-state index in [0.29, 0.717) is 12.1 Å². The van der Waals surface area contributed by atoms with Crippen LogP contribution in [0.5, 0.6) is 0 Å². The molecule has 1 aromatic heterocycles. The monoisotopic (exact) mass is 457 g/mol. The number of anilines is 1. The molecule has 0 saturated carbocycles. The molecular weight excluding hydrogens is 426 g/mol. The summed E-state index contributed by atoms with van der Waals surface area (Å²) in [7, 11) is 0. The van der Waals surface area contributed by atoms with Crippen molar-refractivity contribution in [3.8, 4) is 11.1 Å². The van der Waals surface area contributed by atoms with Gasteiger partial charge in [-0.2, -0.15) is 0 Å². The quantitative estimate of drug-likeness (QED) is 0.300. The molecule has 1 amide bonds. The molecule has 0 aliphatic heterocycles. The van der Waals surface area contributed by atoms with E-state index < -0.39 is 0 Å². The van der Waals surface area contributed by atoms with Crippen LogP contribution < -0.4 is 4.90 Å². The lowest BCUT2D eigenvalue weighted by Gasteiger charge is -2.24. The number of carbonyl (C=O) groups excluding carboxylic acids is 1. The van der Waals surface area contributed by atoms with Crippen molar-refractivity contribution in [1.29, 1.82) is 0 Å². The fraction of sp³-hybridized carbons (Fsp3) is 0.286. The standard InChI is InChI=1S/C28H31N3OS/c1-5-30(6-2)16-17-31(28-29-26-21(4)18-20(3)19-25(26)33-28)27(32)24-14-12-23(13-15-24)22-10-8-7-9-11-22/h7-15,18-19H,5-6,16-17H2,1-4H3. The first kappa shape index (κ1) is 23.1. The molecule has 0 saturated heterocycles. The van der Waals surface area contributed by atoms with Gasteiger partial charge in [-0.05, 0) is 67.4 Å². The molecule has 4 aromatic rings. The van der Waals surface area contributed by atoms with Crippen LogP contribution in [0.1, 0.15) is 35.3 Å². The van der Waals surface area contributed by atoms with Gasteiger partial charge in [0, 0.05) is 18.7 Å². The van der Waals surface area contributed by atoms with Crippen LogP contribution in [0.4, 0.5) is 5.13 Å². The minimum Gasteiger partial charge on any atom is -0.302 e. The third-order valence-corrected chi connectivity index (χ3v) is 7.09. The normalized spacial score (nSPS) is 11.3. The minimum absolute atomic E-state index is 0.00445. The number of aromatic nitrogens is 1. The number of aryl methyl sites for hydroxylation is 2. The van der Waals surface area contributed by atoms with Crippen LogP contribution in [-0.2, 0) is 0 Å². The van der Waals surface area contributed by atoms with Crippen molar-refractivity contribution in [3.05, 3.63) is 83.4 Å². The van der Waals surface area contributed by atoms with Gasteiger partial charge >= 0.3 is 0 Å². The van der Waals surface area contributed by atoms with Gasteiger partial charge in [-0.25, -0.2) is 4.98 Å². The lowest BCUT2D eigenvalue weighted by atomic mass is 10.0. The summed E-state index contributed by atoms with van der Waals surface area (Å²) < 4.78 is 1.13. The number of hydrogen-bond donors (Lipinski definition) is 0. The van der Waals surface area contributed by atoms with E-state index in [0.717, 1.165) is 51.7 Å². The van der Waals surface area contributed by atoms with Gasteiger partial charge in [0.15, 0.2) is 5.13 Å². The lowest BCUT2D eigenvalue weighted by molar-refractivity contribution is 0.0984. The number of nitrogens with zero attached hydrogens (tertiary/aromatic N) is 3. The number of benzene rings is 3. The molecule has 3 aromatic carbocycles. The molecule has 1 heterocycles. The fourth-order valence-corrected chi connectivity index (χ4v) is 5.30. The van der Waals surface area contributed by atoms with Crippen LogP contribution >= 0.6 is 11.3 Å². The predicted octanol–water partition coefficient (Wildman–Crippen LogP) is 6.57. The number of carbonyl (C=O) groups is 1. The Morgan fingerprint density at radius 1 is 0.879 bits per heavy atom. The van der Waals surface area contributed by atoms with Crippen molar-refractivity contribution >= 4 is 32.6 Å². The van der Waals surface area contributed by atoms with Gasteiger partial charge in [0.2, 0.25) is 0 Å². The third-order valence-electron chi connectivity index (χ3n) is 6.07. The number of hydrogen-bond acceptors (Lipinski definition) is 4. The topological polar surface area (TPSA) is 36.4 Å². The summed E-state index contributed by atoms with van der Waals surface area (Å²) in [6.45, 7) is 11.8. The van der Waals surface area contributed by atoms with Crippen molar-refractivity contribution < 1.29 is 4.79 Å². The SMILES string of the molecule is CCN(CC)CCN(C(=O)c1ccc(-c2ccccc2)cc1)c1nc2c(C)cc(C)cc2s1. The van der Waals surface area contributed by atoms with Crippen molar-refractivity contribution in [1.82, 2.24) is 9.88 Å². The summed E-state index contributed by atoms with van der Waals surface area (Å²) in [6.07, 6.45) is 0. The van der Waals surface area contributed by atoms with Crippen molar-refractivity contribution in [2.75, 3.05) is 31.1 Å². The Kier molecular flexibility index (Phi) is 7.21. The Morgan fingerprint density at radius 2 is 1.55 bits per heavy atom. The Morgan fingerprint density at radius 3 is 2.21 bits per heavy atom. The van der Waals surface area contributed by atoms with E-state index >= 15 is 0 Å². The highest BCUT2D eigenvalue weighted by Gasteiger charge is 2.22. The summed E-state index contributed by atoms with van der Waals surface area (Å²) >= 11 is 1.60. The molecule has 0 unspecified atom stereocenters. The molecule has 0 fully saturated rings. The molecule has 0 N–H and O–H groups in total. The second-order valence-corrected chi connectivity index (χ2v) is 9.36. The summed E-state index contributed by atoms with van der Waals surface area (Å²) in [6, 6.07) is 22.4. The van der Waals surface area contributed by atoms with Crippen LogP contribution in [0.15, 0.2) is 66.7 Å². The maximum Gasteiger partial charge on any atom is 0.260 e. The highest BCUT2D eigenvalue weighted by Crippen LogP contribution is 2.32. The summed E-state index contributed by atoms with van der Waals surface area (Å²) in [4.78, 5) is 22.8. The minimum atomic E-state index is -0.00445. The van der Waals surface area contributed by atoms with E-state index in [4.69, 9.17) is 4.98 Å². The Labute approximate surface area is 200 Å². The highest BCUT2D eigenvalue weighted by molar-refractivity contribution is 7.22. The van der Waals surface area contributed by atoms with Crippen LogP contribution in [0, 0.1) is 13.8 Å². The second-order valence-electron chi connectivity index (χ2n) is 8.35. The lowest BCUT2D eigenvalue weighted by Crippen LogP contribution is -2.38. The maximum absolute atomic E-state index is 13.7. The molecular formula is C28H31N3OS. The van der Waals surface area contributed by atoms with Gasteiger partial charge in [0.25, 0.3) is 5.91 Å². The van der Waals surface area contributed by atoms with E-state index in [1.165, 1.54) is 5.56 Å². The van der Waals surface area contributed by atoms with Gasteiger partial charge in [-0.3, -0.25) is 9.69 Å². The van der Waals surface area contributed by atoms with Gasteiger partial charge < -0.3 is 4.90 Å². The Balaban J connectivity index is 1.67. The molecule has 0 bridgehead atoms. The highest BCUT2D eigenvalue weighted by atomic mass is 32.1. The zero-order valence-electron chi connectivity index (χ0n) is 19.8. The van der Waals surface area contributed by atoms with Crippen LogP contribution in [0.3, 0.4) is 0 Å². The first-order chi connectivity index (χ1) is 16.0. The zero-order chi connectivity index (χ0) is 23.4. The number of fused-ring (bicyclic) bond motifs is 1. The van der Waals surface area contributed by atoms with Crippen molar-refractivity contribution in [2.24, 2.45) is 0 Å². The molecule has 33 heavy (non-hydrogen) atoms. The molecule has 0 spiro atoms. The molecule has 4 rings (SSSR count). The first-order valence-electron chi connectivity index (χ1n) is 11.6. The first-order valence-corrected chi connectivity index (χ1v) is 12.4. The number of likely N-dealkylation sites (N-methyl/N-ethyl adjacent to an activating group) is 1. The van der Waals surface area contributed by atoms with Crippen LogP contribution in [0.25, 0.3) is 21.3 Å². The zero-order valence-corrected chi connectivity index (χ0v) is 20.7. The number of rotatable bonds is 8. The van der Waals surface area contributed by atoms with Crippen LogP contribution in [-0.4, -0.2) is 42.0 Å². The van der Waals surface area contributed by atoms with Gasteiger partial charge in [-0.1, -0.05) is 73.7 Å². The molecule has 170 valence electrons. The Bertz CT molecular complexity index is 1230. The molecule has 0 aliphatic carbocycles. The van der Waals surface area contributed by atoms with E-state index in [-0.39, 0.29) is 5.91 Å². The second kappa shape index (κ2) is 10.3. The van der Waals surface area contributed by atoms with Gasteiger partial charge in [0.1, 0.15) is 0 Å².